The van der Waals surface area contributed by atoms with Gasteiger partial charge in [0.2, 0.25) is 0 Å². The van der Waals surface area contributed by atoms with Gasteiger partial charge in [-0.1, -0.05) is 179 Å². The minimum Gasteiger partial charge on any atom is -0.106 e. The molecule has 0 saturated carbocycles. The van der Waals surface area contributed by atoms with Crippen molar-refractivity contribution in [1.29, 1.82) is 0 Å². The summed E-state index contributed by atoms with van der Waals surface area (Å²) in [5.41, 5.74) is 17.4. The monoisotopic (exact) mass is 710 g/mol. The summed E-state index contributed by atoms with van der Waals surface area (Å²) in [6.07, 6.45) is 0. The zero-order valence-electron chi connectivity index (χ0n) is 29.0. The Balaban J connectivity index is 2.14. The minimum atomic E-state index is -2.85. The van der Waals surface area contributed by atoms with E-state index in [1.165, 1.54) is 41.5 Å². The van der Waals surface area contributed by atoms with Crippen LogP contribution >= 0.6 is 0 Å². The van der Waals surface area contributed by atoms with Crippen LogP contribution in [0.4, 0.5) is 0 Å². The second-order valence-corrected chi connectivity index (χ2v) is 27.2. The van der Waals surface area contributed by atoms with E-state index < -0.39 is 32.3 Å². The standard InChI is InChI=1S/C46H46Si4/c1-9-47(10-2,39-29-21-17-22-30-39)43-37-45(49(13-5,14-6)41-33-25-19-26-34-41)46(50(15-7,16-8)42-35-27-20-28-36-42)38-44(43)48(11-3,12-4)40-31-23-18-24-32-40/h9-38H,1-8H2. The Morgan fingerprint density at radius 3 is 0.560 bits per heavy atom. The molecule has 5 rings (SSSR count). The van der Waals surface area contributed by atoms with Gasteiger partial charge in [0, 0.05) is 0 Å². The maximum atomic E-state index is 4.55. The Bertz CT molecular complexity index is 1720. The van der Waals surface area contributed by atoms with E-state index in [0.717, 1.165) is 0 Å². The Morgan fingerprint density at radius 2 is 0.420 bits per heavy atom. The average Bonchev–Trinajstić information content (AvgIpc) is 3.20. The third-order valence-corrected chi connectivity index (χ3v) is 26.5. The fourth-order valence-electron chi connectivity index (χ4n) is 7.60. The molecule has 50 heavy (non-hydrogen) atoms. The quantitative estimate of drug-likeness (QED) is 0.115. The van der Waals surface area contributed by atoms with Crippen molar-refractivity contribution in [2.75, 3.05) is 0 Å². The summed E-state index contributed by atoms with van der Waals surface area (Å²) in [5, 5.41) is 9.84. The summed E-state index contributed by atoms with van der Waals surface area (Å²) >= 11 is 0. The average molecular weight is 711 g/mol. The van der Waals surface area contributed by atoms with Crippen LogP contribution in [0.2, 0.25) is 0 Å². The Kier molecular flexibility index (Phi) is 11.0. The molecule has 0 aliphatic carbocycles. The van der Waals surface area contributed by atoms with E-state index >= 15 is 0 Å². The normalized spacial score (nSPS) is 11.8. The third-order valence-electron chi connectivity index (χ3n) is 10.5. The second-order valence-electron chi connectivity index (χ2n) is 12.5. The van der Waals surface area contributed by atoms with Gasteiger partial charge in [-0.25, -0.2) is 0 Å². The number of benzene rings is 5. The zero-order valence-corrected chi connectivity index (χ0v) is 33.0. The summed E-state index contributed by atoms with van der Waals surface area (Å²) in [6, 6.07) is 47.9. The highest BCUT2D eigenvalue weighted by Crippen LogP contribution is 2.18. The fourth-order valence-corrected chi connectivity index (χ4v) is 22.5. The Morgan fingerprint density at radius 1 is 0.260 bits per heavy atom. The molecule has 0 saturated heterocycles. The highest BCUT2D eigenvalue weighted by Gasteiger charge is 2.46. The summed E-state index contributed by atoms with van der Waals surface area (Å²) in [7, 11) is -11.4. The molecule has 5 aromatic rings. The van der Waals surface area contributed by atoms with Crippen LogP contribution in [0.5, 0.6) is 0 Å². The van der Waals surface area contributed by atoms with Crippen LogP contribution in [-0.4, -0.2) is 32.3 Å². The van der Waals surface area contributed by atoms with E-state index in [0.29, 0.717) is 0 Å². The van der Waals surface area contributed by atoms with Crippen LogP contribution in [-0.2, 0) is 0 Å². The van der Waals surface area contributed by atoms with Crippen LogP contribution in [0.1, 0.15) is 0 Å². The lowest BCUT2D eigenvalue weighted by Gasteiger charge is -2.41. The van der Waals surface area contributed by atoms with Crippen LogP contribution in [0, 0.1) is 0 Å². The molecular weight excluding hydrogens is 665 g/mol. The van der Waals surface area contributed by atoms with Crippen molar-refractivity contribution in [3.63, 3.8) is 0 Å². The summed E-state index contributed by atoms with van der Waals surface area (Å²) < 4.78 is 0. The van der Waals surface area contributed by atoms with E-state index in [-0.39, 0.29) is 0 Å². The highest BCUT2D eigenvalue weighted by atomic mass is 28.3. The first kappa shape index (κ1) is 36.2. The first-order chi connectivity index (χ1) is 24.4. The van der Waals surface area contributed by atoms with Crippen molar-refractivity contribution < 1.29 is 0 Å². The molecule has 0 atom stereocenters. The summed E-state index contributed by atoms with van der Waals surface area (Å²) in [5.74, 6) is 0. The van der Waals surface area contributed by atoms with Crippen molar-refractivity contribution in [1.82, 2.24) is 0 Å². The highest BCUT2D eigenvalue weighted by molar-refractivity contribution is 7.20. The topological polar surface area (TPSA) is 0 Å². The first-order valence-corrected chi connectivity index (χ1v) is 25.5. The van der Waals surface area contributed by atoms with Gasteiger partial charge in [-0.05, 0) is 41.5 Å². The zero-order chi connectivity index (χ0) is 35.8. The molecule has 0 bridgehead atoms. The van der Waals surface area contributed by atoms with Crippen molar-refractivity contribution in [3.05, 3.63) is 232 Å². The molecule has 0 fully saturated rings. The molecule has 0 aliphatic rings. The molecule has 0 nitrogen and oxygen atoms in total. The molecule has 0 aromatic heterocycles. The SMILES string of the molecule is C=C[Si](C=C)(c1ccccc1)c1cc([Si](C=C)(C=C)c2ccccc2)c([Si](C=C)(C=C)c2ccccc2)cc1[Si](C=C)(C=C)c1ccccc1. The lowest BCUT2D eigenvalue weighted by atomic mass is 10.3. The van der Waals surface area contributed by atoms with Crippen molar-refractivity contribution in [2.45, 2.75) is 0 Å². The molecule has 5 aromatic carbocycles. The molecule has 0 amide bonds. The van der Waals surface area contributed by atoms with Crippen molar-refractivity contribution in [3.8, 4) is 0 Å². The van der Waals surface area contributed by atoms with Crippen LogP contribution in [0.25, 0.3) is 0 Å². The summed E-state index contributed by atoms with van der Waals surface area (Å²) in [6.45, 7) is 36.4. The van der Waals surface area contributed by atoms with Crippen molar-refractivity contribution >= 4 is 73.8 Å². The minimum absolute atomic E-state index is 1.22. The molecule has 4 heteroatoms. The fraction of sp³-hybridized carbons (Fsp3) is 0. The molecule has 0 N–H and O–H groups in total. The van der Waals surface area contributed by atoms with Crippen molar-refractivity contribution in [2.24, 2.45) is 0 Å². The van der Waals surface area contributed by atoms with E-state index in [2.05, 4.69) is 232 Å². The Hall–Kier alpha value is -5.11. The predicted octanol–water partition coefficient (Wildman–Crippen LogP) is 5.74. The van der Waals surface area contributed by atoms with Gasteiger partial charge in [0.05, 0.1) is 0 Å². The van der Waals surface area contributed by atoms with Gasteiger partial charge in [0.15, 0.2) is 32.3 Å². The smallest absolute Gasteiger partial charge is 0.106 e. The van der Waals surface area contributed by atoms with Crippen LogP contribution in [0.3, 0.4) is 0 Å². The summed E-state index contributed by atoms with van der Waals surface area (Å²) in [4.78, 5) is 0. The predicted molar refractivity (Wildman–Crippen MR) is 234 cm³/mol. The van der Waals surface area contributed by atoms with Gasteiger partial charge >= 0.3 is 0 Å². The lowest BCUT2D eigenvalue weighted by molar-refractivity contribution is 1.71. The Labute approximate surface area is 304 Å². The van der Waals surface area contributed by atoms with E-state index in [1.54, 1.807) is 0 Å². The number of hydrogen-bond donors (Lipinski definition) is 0. The van der Waals surface area contributed by atoms with Crippen LogP contribution in [0.15, 0.2) is 232 Å². The van der Waals surface area contributed by atoms with E-state index in [4.69, 9.17) is 0 Å². The molecule has 246 valence electrons. The largest absolute Gasteiger partial charge is 0.163 e. The van der Waals surface area contributed by atoms with E-state index in [1.807, 2.05) is 0 Å². The third kappa shape index (κ3) is 5.70. The van der Waals surface area contributed by atoms with Gasteiger partial charge in [-0.2, -0.15) is 0 Å². The first-order valence-electron chi connectivity index (χ1n) is 16.9. The maximum Gasteiger partial charge on any atom is 0.163 e. The van der Waals surface area contributed by atoms with Gasteiger partial charge in [-0.3, -0.25) is 0 Å². The van der Waals surface area contributed by atoms with Gasteiger partial charge in [0.1, 0.15) is 0 Å². The second kappa shape index (κ2) is 15.2. The molecule has 0 radical (unpaired) electrons. The molecule has 0 spiro atoms. The number of rotatable bonds is 16. The molecule has 0 heterocycles. The number of hydrogen-bond acceptors (Lipinski definition) is 0. The molecule has 0 unspecified atom stereocenters. The van der Waals surface area contributed by atoms with Crippen LogP contribution < -0.4 is 41.5 Å². The molecular formula is C46H46Si4. The van der Waals surface area contributed by atoms with E-state index in [9.17, 15) is 0 Å². The lowest BCUT2D eigenvalue weighted by Crippen LogP contribution is -2.76. The van der Waals surface area contributed by atoms with Gasteiger partial charge < -0.3 is 0 Å². The van der Waals surface area contributed by atoms with Gasteiger partial charge in [-0.15, -0.1) is 52.6 Å². The van der Waals surface area contributed by atoms with Gasteiger partial charge in [0.25, 0.3) is 0 Å². The molecule has 0 aliphatic heterocycles. The maximum absolute atomic E-state index is 4.55.